The third-order valence-electron chi connectivity index (χ3n) is 5.77. The molecule has 1 saturated heterocycles. The van der Waals surface area contributed by atoms with E-state index < -0.39 is 5.54 Å². The van der Waals surface area contributed by atoms with Crippen LogP contribution in [0.15, 0.2) is 53.1 Å². The molecule has 1 aromatic heterocycles. The largest absolute Gasteiger partial charge is 0.467 e. The van der Waals surface area contributed by atoms with Crippen molar-refractivity contribution >= 4 is 23.5 Å². The minimum Gasteiger partial charge on any atom is -0.467 e. The van der Waals surface area contributed by atoms with E-state index in [0.29, 0.717) is 25.1 Å². The Morgan fingerprint density at radius 1 is 1.07 bits per heavy atom. The van der Waals surface area contributed by atoms with Gasteiger partial charge in [-0.05, 0) is 37.1 Å². The Morgan fingerprint density at radius 2 is 1.83 bits per heavy atom. The summed E-state index contributed by atoms with van der Waals surface area (Å²) in [6, 6.07) is 12.5. The molecule has 29 heavy (non-hydrogen) atoms. The van der Waals surface area contributed by atoms with Crippen LogP contribution in [0.5, 0.6) is 0 Å². The number of anilines is 1. The van der Waals surface area contributed by atoms with E-state index in [4.69, 9.17) is 4.42 Å². The number of carbonyl (C=O) groups excluding carboxylic acids is 3. The van der Waals surface area contributed by atoms with Gasteiger partial charge in [-0.15, -0.1) is 0 Å². The molecule has 2 fully saturated rings. The number of furan rings is 1. The number of hydrogen-bond acceptors (Lipinski definition) is 4. The molecule has 0 atom stereocenters. The maximum Gasteiger partial charge on any atom is 0.325 e. The summed E-state index contributed by atoms with van der Waals surface area (Å²) in [7, 11) is 0. The second-order valence-electron chi connectivity index (χ2n) is 7.67. The van der Waals surface area contributed by atoms with Crippen molar-refractivity contribution in [3.05, 3.63) is 54.5 Å². The summed E-state index contributed by atoms with van der Waals surface area (Å²) >= 11 is 0. The summed E-state index contributed by atoms with van der Waals surface area (Å²) in [6.07, 6.45) is 5.94. The number of nitrogens with one attached hydrogen (secondary N) is 1. The number of carbonyl (C=O) groups is 3. The molecule has 7 heteroatoms. The van der Waals surface area contributed by atoms with Crippen LogP contribution in [-0.4, -0.2) is 34.8 Å². The standard InChI is InChI=1S/C22H25N3O4/c26-19(25(16-18-10-7-15-29-18)17-8-3-1-4-9-17)11-14-24-20(27)22(23-21(24)28)12-5-2-6-13-22/h1,3-4,7-10,15H,2,5-6,11-14,16H2,(H,23,28). The zero-order valence-corrected chi connectivity index (χ0v) is 16.3. The van der Waals surface area contributed by atoms with E-state index in [1.165, 1.54) is 4.90 Å². The zero-order valence-electron chi connectivity index (χ0n) is 16.3. The minimum atomic E-state index is -0.758. The molecule has 2 aromatic rings. The minimum absolute atomic E-state index is 0.0604. The van der Waals surface area contributed by atoms with Crippen molar-refractivity contribution in [2.75, 3.05) is 11.4 Å². The van der Waals surface area contributed by atoms with Gasteiger partial charge in [0, 0.05) is 18.7 Å². The maximum atomic E-state index is 13.0. The third-order valence-corrected chi connectivity index (χ3v) is 5.77. The van der Waals surface area contributed by atoms with Crippen molar-refractivity contribution < 1.29 is 18.8 Å². The molecule has 0 unspecified atom stereocenters. The van der Waals surface area contributed by atoms with E-state index in [1.807, 2.05) is 36.4 Å². The number of rotatable bonds is 6. The van der Waals surface area contributed by atoms with Crippen molar-refractivity contribution in [3.8, 4) is 0 Å². The lowest BCUT2D eigenvalue weighted by molar-refractivity contribution is -0.132. The number of benzene rings is 1. The number of nitrogens with zero attached hydrogens (tertiary/aromatic N) is 2. The van der Waals surface area contributed by atoms with Crippen molar-refractivity contribution in [3.63, 3.8) is 0 Å². The summed E-state index contributed by atoms with van der Waals surface area (Å²) in [4.78, 5) is 41.2. The summed E-state index contributed by atoms with van der Waals surface area (Å²) in [5.41, 5.74) is -0.0130. The van der Waals surface area contributed by atoms with E-state index in [9.17, 15) is 14.4 Å². The topological polar surface area (TPSA) is 82.9 Å². The van der Waals surface area contributed by atoms with E-state index in [2.05, 4.69) is 5.32 Å². The molecule has 1 aliphatic heterocycles. The van der Waals surface area contributed by atoms with Gasteiger partial charge in [-0.2, -0.15) is 0 Å². The van der Waals surface area contributed by atoms with Gasteiger partial charge in [0.1, 0.15) is 11.3 Å². The van der Waals surface area contributed by atoms with Crippen LogP contribution in [0.25, 0.3) is 0 Å². The number of para-hydroxylation sites is 1. The molecule has 2 heterocycles. The molecule has 1 aliphatic carbocycles. The van der Waals surface area contributed by atoms with Crippen molar-refractivity contribution in [1.29, 1.82) is 0 Å². The van der Waals surface area contributed by atoms with E-state index >= 15 is 0 Å². The van der Waals surface area contributed by atoms with E-state index in [0.717, 1.165) is 24.9 Å². The van der Waals surface area contributed by atoms with Gasteiger partial charge in [0.15, 0.2) is 0 Å². The van der Waals surface area contributed by atoms with Gasteiger partial charge < -0.3 is 14.6 Å². The first-order valence-electron chi connectivity index (χ1n) is 10.1. The fourth-order valence-corrected chi connectivity index (χ4v) is 4.21. The molecule has 2 aliphatic rings. The van der Waals surface area contributed by atoms with Crippen molar-refractivity contribution in [1.82, 2.24) is 10.2 Å². The molecule has 1 spiro atoms. The number of imide groups is 1. The Kier molecular flexibility index (Phi) is 5.38. The quantitative estimate of drug-likeness (QED) is 0.760. The Morgan fingerprint density at radius 3 is 2.52 bits per heavy atom. The Bertz CT molecular complexity index is 873. The fourth-order valence-electron chi connectivity index (χ4n) is 4.21. The lowest BCUT2D eigenvalue weighted by Crippen LogP contribution is -2.48. The molecule has 0 bridgehead atoms. The van der Waals surface area contributed by atoms with Gasteiger partial charge in [-0.3, -0.25) is 14.5 Å². The van der Waals surface area contributed by atoms with Gasteiger partial charge in [0.2, 0.25) is 5.91 Å². The SMILES string of the molecule is O=C1NC2(CCCCC2)C(=O)N1CCC(=O)N(Cc1ccco1)c1ccccc1. The van der Waals surface area contributed by atoms with Crippen LogP contribution in [-0.2, 0) is 16.1 Å². The lowest BCUT2D eigenvalue weighted by atomic mass is 9.82. The molecule has 1 saturated carbocycles. The monoisotopic (exact) mass is 395 g/mol. The summed E-state index contributed by atoms with van der Waals surface area (Å²) in [5, 5.41) is 2.89. The van der Waals surface area contributed by atoms with E-state index in [-0.39, 0.29) is 30.8 Å². The average Bonchev–Trinajstić information content (AvgIpc) is 3.33. The van der Waals surface area contributed by atoms with Gasteiger partial charge in [-0.1, -0.05) is 37.5 Å². The molecule has 0 radical (unpaired) electrons. The van der Waals surface area contributed by atoms with Gasteiger partial charge >= 0.3 is 6.03 Å². The van der Waals surface area contributed by atoms with E-state index in [1.54, 1.807) is 17.2 Å². The highest BCUT2D eigenvalue weighted by Crippen LogP contribution is 2.33. The normalized spacial score (nSPS) is 18.1. The van der Waals surface area contributed by atoms with Crippen molar-refractivity contribution in [2.24, 2.45) is 0 Å². The van der Waals surface area contributed by atoms with Crippen LogP contribution in [0.4, 0.5) is 10.5 Å². The highest BCUT2D eigenvalue weighted by atomic mass is 16.3. The second-order valence-corrected chi connectivity index (χ2v) is 7.67. The van der Waals surface area contributed by atoms with Crippen LogP contribution in [0.3, 0.4) is 0 Å². The molecule has 1 N–H and O–H groups in total. The second kappa shape index (κ2) is 8.11. The number of urea groups is 1. The highest BCUT2D eigenvalue weighted by molar-refractivity contribution is 6.07. The van der Waals surface area contributed by atoms with Crippen molar-refractivity contribution in [2.45, 2.75) is 50.6 Å². The molecular formula is C22H25N3O4. The van der Waals surface area contributed by atoms with Crippen LogP contribution in [0, 0.1) is 0 Å². The average molecular weight is 395 g/mol. The van der Waals surface area contributed by atoms with Gasteiger partial charge in [0.25, 0.3) is 5.91 Å². The summed E-state index contributed by atoms with van der Waals surface area (Å²) < 4.78 is 5.40. The summed E-state index contributed by atoms with van der Waals surface area (Å²) in [6.45, 7) is 0.368. The highest BCUT2D eigenvalue weighted by Gasteiger charge is 2.51. The molecule has 4 rings (SSSR count). The predicted octanol–water partition coefficient (Wildman–Crippen LogP) is 3.46. The Hall–Kier alpha value is -3.09. The summed E-state index contributed by atoms with van der Waals surface area (Å²) in [5.74, 6) is 0.309. The third kappa shape index (κ3) is 3.90. The molecule has 4 amide bonds. The number of hydrogen-bond donors (Lipinski definition) is 1. The Labute approximate surface area is 169 Å². The lowest BCUT2D eigenvalue weighted by Gasteiger charge is -2.30. The first kappa shape index (κ1) is 19.2. The van der Waals surface area contributed by atoms with Crippen LogP contribution >= 0.6 is 0 Å². The molecular weight excluding hydrogens is 370 g/mol. The molecule has 152 valence electrons. The predicted molar refractivity (Wildman–Crippen MR) is 107 cm³/mol. The molecule has 1 aromatic carbocycles. The Balaban J connectivity index is 1.45. The smallest absolute Gasteiger partial charge is 0.325 e. The zero-order chi connectivity index (χ0) is 20.3. The first-order chi connectivity index (χ1) is 14.1. The van der Waals surface area contributed by atoms with Gasteiger partial charge in [-0.25, -0.2) is 4.79 Å². The molecule has 7 nitrogen and oxygen atoms in total. The van der Waals surface area contributed by atoms with Crippen LogP contribution in [0.1, 0.15) is 44.3 Å². The van der Waals surface area contributed by atoms with Gasteiger partial charge in [0.05, 0.1) is 12.8 Å². The van der Waals surface area contributed by atoms with Crippen LogP contribution < -0.4 is 10.2 Å². The number of amides is 4. The fraction of sp³-hybridized carbons (Fsp3) is 0.409. The first-order valence-corrected chi connectivity index (χ1v) is 10.1. The maximum absolute atomic E-state index is 13.0. The van der Waals surface area contributed by atoms with Crippen LogP contribution in [0.2, 0.25) is 0 Å².